The quantitative estimate of drug-likeness (QED) is 0.486. The van der Waals surface area contributed by atoms with Gasteiger partial charge in [-0.15, -0.1) is 10.2 Å². The van der Waals surface area contributed by atoms with Crippen LogP contribution < -0.4 is 10.6 Å². The Morgan fingerprint density at radius 3 is 2.65 bits per heavy atom. The fourth-order valence-corrected chi connectivity index (χ4v) is 4.15. The normalized spacial score (nSPS) is 16.3. The number of nitrogens with one attached hydrogen (secondary N) is 2. The van der Waals surface area contributed by atoms with E-state index in [0.29, 0.717) is 12.0 Å². The predicted molar refractivity (Wildman–Crippen MR) is 105 cm³/mol. The molecule has 2 rings (SSSR count). The third-order valence-corrected chi connectivity index (χ3v) is 6.37. The van der Waals surface area contributed by atoms with Crippen molar-refractivity contribution in [3.05, 3.63) is 0 Å². The van der Waals surface area contributed by atoms with E-state index in [1.165, 1.54) is 55.2 Å². The summed E-state index contributed by atoms with van der Waals surface area (Å²) in [4.78, 5) is 23.5. The van der Waals surface area contributed by atoms with E-state index in [0.717, 1.165) is 9.47 Å². The fraction of sp³-hybridized carbons (Fsp3) is 0.765. The number of nitrogens with zero attached hydrogens (tertiary/aromatic N) is 2. The molecule has 0 spiro atoms. The largest absolute Gasteiger partial charge is 0.455 e. The minimum atomic E-state index is -0.431. The van der Waals surface area contributed by atoms with Crippen LogP contribution in [0, 0.1) is 5.92 Å². The summed E-state index contributed by atoms with van der Waals surface area (Å²) in [5.74, 6) is -0.261. The predicted octanol–water partition coefficient (Wildman–Crippen LogP) is 3.08. The molecular weight excluding hydrogens is 372 g/mol. The number of amides is 1. The third-order valence-electron chi connectivity index (χ3n) is 4.41. The zero-order valence-corrected chi connectivity index (χ0v) is 17.3. The zero-order valence-electron chi connectivity index (χ0n) is 15.6. The minimum absolute atomic E-state index is 0.0482. The van der Waals surface area contributed by atoms with Gasteiger partial charge in [0.2, 0.25) is 5.13 Å². The molecule has 1 amide bonds. The Morgan fingerprint density at radius 2 is 1.96 bits per heavy atom. The van der Waals surface area contributed by atoms with Gasteiger partial charge in [-0.1, -0.05) is 56.2 Å². The molecule has 1 saturated carbocycles. The Bertz CT molecular complexity index is 588. The second kappa shape index (κ2) is 10.7. The van der Waals surface area contributed by atoms with Gasteiger partial charge in [0.1, 0.15) is 0 Å². The molecule has 146 valence electrons. The monoisotopic (exact) mass is 400 g/mol. The highest BCUT2D eigenvalue weighted by Gasteiger charge is 2.16. The van der Waals surface area contributed by atoms with Gasteiger partial charge in [0, 0.05) is 12.1 Å². The summed E-state index contributed by atoms with van der Waals surface area (Å²) >= 11 is 2.73. The molecule has 1 aromatic heterocycles. The van der Waals surface area contributed by atoms with Crippen LogP contribution in [0.2, 0.25) is 0 Å². The molecule has 1 aromatic rings. The van der Waals surface area contributed by atoms with Gasteiger partial charge in [-0.3, -0.25) is 9.59 Å². The lowest BCUT2D eigenvalue weighted by atomic mass is 9.96. The molecule has 0 aliphatic heterocycles. The average Bonchev–Trinajstić information content (AvgIpc) is 3.06. The summed E-state index contributed by atoms with van der Waals surface area (Å²) in [7, 11) is 0. The molecule has 0 saturated heterocycles. The third kappa shape index (κ3) is 7.49. The first-order valence-electron chi connectivity index (χ1n) is 9.12. The lowest BCUT2D eigenvalue weighted by Crippen LogP contribution is -2.38. The van der Waals surface area contributed by atoms with Gasteiger partial charge >= 0.3 is 5.97 Å². The number of thioether (sulfide) groups is 1. The molecule has 0 unspecified atom stereocenters. The van der Waals surface area contributed by atoms with Gasteiger partial charge < -0.3 is 15.4 Å². The second-order valence-corrected chi connectivity index (χ2v) is 9.10. The first kappa shape index (κ1) is 21.0. The van der Waals surface area contributed by atoms with E-state index in [1.807, 2.05) is 20.8 Å². The Balaban J connectivity index is 1.65. The molecule has 7 nitrogen and oxygen atoms in total. The van der Waals surface area contributed by atoms with Crippen molar-refractivity contribution in [3.8, 4) is 0 Å². The number of esters is 1. The molecule has 2 N–H and O–H groups in total. The number of carbonyl (C=O) groups excluding carboxylic acids is 2. The number of aromatic nitrogens is 2. The summed E-state index contributed by atoms with van der Waals surface area (Å²) in [6.07, 6.45) is 6.17. The standard InChI is InChI=1S/C17H28N4O3S2/c1-11(2)12(3)18-14(22)9-24-15(23)10-25-17-21-20-16(26-17)19-13-7-5-4-6-8-13/h11-13H,4-10H2,1-3H3,(H,18,22)(H,19,20)/t12-/m0/s1. The Labute approximate surface area is 163 Å². The number of hydrogen-bond donors (Lipinski definition) is 2. The fourth-order valence-electron chi connectivity index (χ4n) is 2.52. The molecular formula is C17H28N4O3S2. The van der Waals surface area contributed by atoms with Crippen molar-refractivity contribution in [2.75, 3.05) is 17.7 Å². The van der Waals surface area contributed by atoms with Crippen molar-refractivity contribution in [2.45, 2.75) is 69.3 Å². The molecule has 26 heavy (non-hydrogen) atoms. The average molecular weight is 401 g/mol. The smallest absolute Gasteiger partial charge is 0.316 e. The van der Waals surface area contributed by atoms with Crippen molar-refractivity contribution in [2.24, 2.45) is 5.92 Å². The highest BCUT2D eigenvalue weighted by Crippen LogP contribution is 2.28. The summed E-state index contributed by atoms with van der Waals surface area (Å²) in [6, 6.07) is 0.526. The Kier molecular flexibility index (Phi) is 8.64. The van der Waals surface area contributed by atoms with Crippen LogP contribution in [0.3, 0.4) is 0 Å². The van der Waals surface area contributed by atoms with Crippen LogP contribution in [0.5, 0.6) is 0 Å². The lowest BCUT2D eigenvalue weighted by molar-refractivity contribution is -0.146. The molecule has 1 heterocycles. The maximum absolute atomic E-state index is 11.8. The van der Waals surface area contributed by atoms with E-state index in [4.69, 9.17) is 4.74 Å². The van der Waals surface area contributed by atoms with E-state index in [9.17, 15) is 9.59 Å². The summed E-state index contributed by atoms with van der Waals surface area (Å²) in [6.45, 7) is 5.72. The maximum Gasteiger partial charge on any atom is 0.316 e. The number of anilines is 1. The number of hydrogen-bond acceptors (Lipinski definition) is 8. The zero-order chi connectivity index (χ0) is 18.9. The van der Waals surface area contributed by atoms with Crippen molar-refractivity contribution in [1.82, 2.24) is 15.5 Å². The highest BCUT2D eigenvalue weighted by atomic mass is 32.2. The molecule has 1 atom stereocenters. The molecule has 1 aliphatic carbocycles. The summed E-state index contributed by atoms with van der Waals surface area (Å²) in [5, 5.41) is 15.2. The lowest BCUT2D eigenvalue weighted by Gasteiger charge is -2.21. The van der Waals surface area contributed by atoms with Gasteiger partial charge in [-0.05, 0) is 25.7 Å². The molecule has 1 fully saturated rings. The van der Waals surface area contributed by atoms with Gasteiger partial charge in [-0.2, -0.15) is 0 Å². The van der Waals surface area contributed by atoms with Gasteiger partial charge in [0.05, 0.1) is 5.75 Å². The Morgan fingerprint density at radius 1 is 1.23 bits per heavy atom. The van der Waals surface area contributed by atoms with E-state index >= 15 is 0 Å². The van der Waals surface area contributed by atoms with Crippen molar-refractivity contribution >= 4 is 40.1 Å². The second-order valence-electron chi connectivity index (χ2n) is 6.90. The molecule has 1 aliphatic rings. The molecule has 0 bridgehead atoms. The van der Waals surface area contributed by atoms with Crippen LogP contribution in [0.25, 0.3) is 0 Å². The van der Waals surface area contributed by atoms with Crippen LogP contribution in [-0.2, 0) is 14.3 Å². The van der Waals surface area contributed by atoms with Crippen LogP contribution in [0.15, 0.2) is 4.34 Å². The topological polar surface area (TPSA) is 93.2 Å². The number of rotatable bonds is 9. The van der Waals surface area contributed by atoms with Crippen molar-refractivity contribution < 1.29 is 14.3 Å². The molecule has 0 aromatic carbocycles. The van der Waals surface area contributed by atoms with E-state index in [1.54, 1.807) is 0 Å². The number of carbonyl (C=O) groups is 2. The highest BCUT2D eigenvalue weighted by molar-refractivity contribution is 8.01. The van der Waals surface area contributed by atoms with E-state index in [2.05, 4.69) is 20.8 Å². The van der Waals surface area contributed by atoms with E-state index < -0.39 is 5.97 Å². The number of ether oxygens (including phenoxy) is 1. The van der Waals surface area contributed by atoms with Crippen LogP contribution >= 0.6 is 23.1 Å². The van der Waals surface area contributed by atoms with Gasteiger partial charge in [0.15, 0.2) is 10.9 Å². The first-order chi connectivity index (χ1) is 12.4. The van der Waals surface area contributed by atoms with Crippen LogP contribution in [-0.4, -0.2) is 46.5 Å². The first-order valence-corrected chi connectivity index (χ1v) is 10.9. The summed E-state index contributed by atoms with van der Waals surface area (Å²) in [5.41, 5.74) is 0. The van der Waals surface area contributed by atoms with Gasteiger partial charge in [0.25, 0.3) is 5.91 Å². The van der Waals surface area contributed by atoms with Crippen LogP contribution in [0.4, 0.5) is 5.13 Å². The molecule has 0 radical (unpaired) electrons. The minimum Gasteiger partial charge on any atom is -0.455 e. The van der Waals surface area contributed by atoms with Crippen molar-refractivity contribution in [3.63, 3.8) is 0 Å². The molecule has 9 heteroatoms. The Hall–Kier alpha value is -1.35. The maximum atomic E-state index is 11.8. The summed E-state index contributed by atoms with van der Waals surface area (Å²) < 4.78 is 5.72. The van der Waals surface area contributed by atoms with Crippen molar-refractivity contribution in [1.29, 1.82) is 0 Å². The van der Waals surface area contributed by atoms with Gasteiger partial charge in [-0.25, -0.2) is 0 Å². The van der Waals surface area contributed by atoms with E-state index in [-0.39, 0.29) is 24.3 Å². The SMILES string of the molecule is CC(C)[C@H](C)NC(=O)COC(=O)CSc1nnc(NC2CCCCC2)s1. The van der Waals surface area contributed by atoms with Crippen LogP contribution in [0.1, 0.15) is 52.9 Å².